The first-order valence-corrected chi connectivity index (χ1v) is 4.20. The van der Waals surface area contributed by atoms with Gasteiger partial charge in [0.2, 0.25) is 0 Å². The molecule has 1 aromatic carbocycles. The van der Waals surface area contributed by atoms with Crippen molar-refractivity contribution >= 4 is 5.57 Å². The minimum Gasteiger partial charge on any atom is -0.0955 e. The van der Waals surface area contributed by atoms with Crippen molar-refractivity contribution in [2.75, 3.05) is 0 Å². The average molecular weight is 159 g/mol. The minimum absolute atomic E-state index is 0.351. The van der Waals surface area contributed by atoms with Crippen LogP contribution < -0.4 is 0 Å². The zero-order valence-electron chi connectivity index (χ0n) is 7.80. The highest BCUT2D eigenvalue weighted by Gasteiger charge is 1.99. The summed E-state index contributed by atoms with van der Waals surface area (Å²) in [4.78, 5) is 0. The van der Waals surface area contributed by atoms with E-state index >= 15 is 0 Å². The van der Waals surface area contributed by atoms with Crippen LogP contribution in [0.1, 0.15) is 30.9 Å². The summed E-state index contributed by atoms with van der Waals surface area (Å²) >= 11 is 0. The maximum Gasteiger partial charge on any atom is -0.0190 e. The summed E-state index contributed by atoms with van der Waals surface area (Å²) < 4.78 is 0. The molecule has 0 bridgehead atoms. The van der Waals surface area contributed by atoms with Gasteiger partial charge < -0.3 is 0 Å². The molecule has 63 valence electrons. The predicted molar refractivity (Wildman–Crippen MR) is 54.9 cm³/mol. The van der Waals surface area contributed by atoms with Crippen molar-refractivity contribution in [2.24, 2.45) is 0 Å². The van der Waals surface area contributed by atoms with Gasteiger partial charge in [-0.05, 0) is 30.9 Å². The van der Waals surface area contributed by atoms with Crippen molar-refractivity contribution in [3.63, 3.8) is 0 Å². The highest BCUT2D eigenvalue weighted by Crippen LogP contribution is 2.18. The van der Waals surface area contributed by atoms with Gasteiger partial charge in [0.15, 0.2) is 0 Å². The highest BCUT2D eigenvalue weighted by molar-refractivity contribution is 5.61. The van der Waals surface area contributed by atoms with Crippen molar-refractivity contribution < 1.29 is 0 Å². The molecule has 1 unspecified atom stereocenters. The molecule has 0 aliphatic carbocycles. The Kier molecular flexibility index (Phi) is 2.69. The van der Waals surface area contributed by atoms with Gasteiger partial charge in [0.05, 0.1) is 0 Å². The Morgan fingerprint density at radius 1 is 1.42 bits per heavy atom. The molecule has 0 aliphatic heterocycles. The van der Waals surface area contributed by atoms with Crippen LogP contribution in [0, 0.1) is 6.92 Å². The van der Waals surface area contributed by atoms with E-state index in [0.717, 1.165) is 5.57 Å². The van der Waals surface area contributed by atoms with Crippen LogP contribution in [0.5, 0.6) is 0 Å². The van der Waals surface area contributed by atoms with Crippen LogP contribution >= 0.6 is 0 Å². The van der Waals surface area contributed by atoms with E-state index in [9.17, 15) is 0 Å². The number of benzene rings is 1. The van der Waals surface area contributed by atoms with Crippen molar-refractivity contribution in [1.82, 2.24) is 0 Å². The molecule has 0 nitrogen and oxygen atoms in total. The lowest BCUT2D eigenvalue weighted by atomic mass is 9.99. The molecule has 0 amide bonds. The summed E-state index contributed by atoms with van der Waals surface area (Å²) in [7, 11) is 0. The molecule has 0 heterocycles. The van der Waals surface area contributed by atoms with Gasteiger partial charge in [-0.15, -0.1) is 0 Å². The largest absolute Gasteiger partial charge is 0.0955 e. The smallest absolute Gasteiger partial charge is 0.0190 e. The van der Waals surface area contributed by atoms with E-state index in [1.165, 1.54) is 11.1 Å². The number of hydrogen-bond acceptors (Lipinski definition) is 0. The Morgan fingerprint density at radius 2 is 2.08 bits per heavy atom. The van der Waals surface area contributed by atoms with Crippen LogP contribution in [-0.2, 0) is 0 Å². The van der Waals surface area contributed by atoms with Crippen molar-refractivity contribution in [1.29, 1.82) is 0 Å². The molecule has 1 rings (SSSR count). The third kappa shape index (κ3) is 1.97. The summed E-state index contributed by atoms with van der Waals surface area (Å²) in [5, 5.41) is 0. The Bertz CT molecular complexity index is 282. The Hall–Kier alpha value is -1.04. The van der Waals surface area contributed by atoms with E-state index in [1.807, 2.05) is 6.92 Å². The van der Waals surface area contributed by atoms with Gasteiger partial charge in [0.1, 0.15) is 0 Å². The summed E-state index contributed by atoms with van der Waals surface area (Å²) in [5.41, 5.74) is 3.59. The maximum atomic E-state index is 3.98. The second kappa shape index (κ2) is 3.57. The average Bonchev–Trinajstić information content (AvgIpc) is 2.04. The van der Waals surface area contributed by atoms with E-state index in [-0.39, 0.29) is 0 Å². The lowest BCUT2D eigenvalue weighted by Gasteiger charge is -2.07. The molecule has 0 spiro atoms. The molecule has 1 atom stereocenters. The first kappa shape index (κ1) is 9.05. The highest BCUT2D eigenvalue weighted by atomic mass is 14.0. The molecular formula is C12H15. The van der Waals surface area contributed by atoms with Gasteiger partial charge in [-0.2, -0.15) is 0 Å². The number of allylic oxidation sites excluding steroid dienone is 1. The van der Waals surface area contributed by atoms with Gasteiger partial charge in [-0.1, -0.05) is 43.3 Å². The minimum atomic E-state index is 0.351. The van der Waals surface area contributed by atoms with Crippen molar-refractivity contribution in [3.05, 3.63) is 48.9 Å². The quantitative estimate of drug-likeness (QED) is 0.617. The fraction of sp³-hybridized carbons (Fsp3) is 0.250. The lowest BCUT2D eigenvalue weighted by Crippen LogP contribution is -1.88. The molecular weight excluding hydrogens is 144 g/mol. The van der Waals surface area contributed by atoms with Crippen molar-refractivity contribution in [2.45, 2.75) is 19.8 Å². The van der Waals surface area contributed by atoms with Crippen LogP contribution in [0.4, 0.5) is 0 Å². The molecule has 0 aliphatic rings. The molecule has 0 fully saturated rings. The molecule has 0 heteroatoms. The zero-order chi connectivity index (χ0) is 9.14. The molecule has 0 N–H and O–H groups in total. The summed E-state index contributed by atoms with van der Waals surface area (Å²) in [5.74, 6) is 0.351. The van der Waals surface area contributed by atoms with E-state index in [1.54, 1.807) is 0 Å². The summed E-state index contributed by atoms with van der Waals surface area (Å²) in [6, 6.07) is 8.39. The molecule has 0 saturated carbocycles. The van der Waals surface area contributed by atoms with E-state index < -0.39 is 0 Å². The van der Waals surface area contributed by atoms with E-state index in [4.69, 9.17) is 0 Å². The Balaban J connectivity index is 3.04. The monoisotopic (exact) mass is 159 g/mol. The van der Waals surface area contributed by atoms with E-state index in [0.29, 0.717) is 5.92 Å². The summed E-state index contributed by atoms with van der Waals surface area (Å²) in [6.07, 6.45) is 0. The molecule has 0 saturated heterocycles. The van der Waals surface area contributed by atoms with Gasteiger partial charge in [-0.25, -0.2) is 0 Å². The fourth-order valence-corrected chi connectivity index (χ4v) is 1.11. The predicted octanol–water partition coefficient (Wildman–Crippen LogP) is 3.66. The molecule has 1 aromatic rings. The Labute approximate surface area is 74.9 Å². The van der Waals surface area contributed by atoms with Gasteiger partial charge in [0, 0.05) is 0 Å². The molecule has 12 heavy (non-hydrogen) atoms. The van der Waals surface area contributed by atoms with Crippen LogP contribution in [0.15, 0.2) is 30.8 Å². The normalized spacial score (nSPS) is 10.3. The standard InChI is InChI=1S/C12H15/c1-9(2)11-6-5-7-12(8-11)10(3)4/h5-9H,1,3H2,2,4H3. The lowest BCUT2D eigenvalue weighted by molar-refractivity contribution is 0.963. The van der Waals surface area contributed by atoms with Crippen molar-refractivity contribution in [3.8, 4) is 0 Å². The fourth-order valence-electron chi connectivity index (χ4n) is 1.11. The maximum absolute atomic E-state index is 3.98. The SMILES string of the molecule is [CH2]C(C)c1cccc(C(=C)C)c1. The van der Waals surface area contributed by atoms with Crippen LogP contribution in [0.25, 0.3) is 5.57 Å². The second-order valence-corrected chi connectivity index (χ2v) is 3.31. The van der Waals surface area contributed by atoms with Gasteiger partial charge >= 0.3 is 0 Å². The van der Waals surface area contributed by atoms with Crippen LogP contribution in [-0.4, -0.2) is 0 Å². The van der Waals surface area contributed by atoms with Gasteiger partial charge in [-0.3, -0.25) is 0 Å². The zero-order valence-corrected chi connectivity index (χ0v) is 7.80. The second-order valence-electron chi connectivity index (χ2n) is 3.31. The third-order valence-electron chi connectivity index (χ3n) is 1.95. The third-order valence-corrected chi connectivity index (χ3v) is 1.95. The van der Waals surface area contributed by atoms with Crippen LogP contribution in [0.2, 0.25) is 0 Å². The van der Waals surface area contributed by atoms with E-state index in [2.05, 4.69) is 44.7 Å². The topological polar surface area (TPSA) is 0 Å². The first-order chi connectivity index (χ1) is 5.61. The first-order valence-electron chi connectivity index (χ1n) is 4.20. The molecule has 1 radical (unpaired) electrons. The van der Waals surface area contributed by atoms with Gasteiger partial charge in [0.25, 0.3) is 0 Å². The molecule has 0 aromatic heterocycles. The summed E-state index contributed by atoms with van der Waals surface area (Å²) in [6.45, 7) is 12.0. The van der Waals surface area contributed by atoms with Crippen LogP contribution in [0.3, 0.4) is 0 Å². The number of rotatable bonds is 2. The number of hydrogen-bond donors (Lipinski definition) is 0. The Morgan fingerprint density at radius 3 is 2.58 bits per heavy atom.